The first-order chi connectivity index (χ1) is 15.1. The zero-order valence-corrected chi connectivity index (χ0v) is 20.0. The van der Waals surface area contributed by atoms with E-state index < -0.39 is 0 Å². The third-order valence-corrected chi connectivity index (χ3v) is 6.29. The molecule has 0 radical (unpaired) electrons. The Hall–Kier alpha value is -2.03. The summed E-state index contributed by atoms with van der Waals surface area (Å²) in [5.74, 6) is 1.73. The maximum atomic E-state index is 12.4. The fourth-order valence-corrected chi connectivity index (χ4v) is 3.85. The van der Waals surface area contributed by atoms with Gasteiger partial charge in [-0.3, -0.25) is 4.79 Å². The summed E-state index contributed by atoms with van der Waals surface area (Å²) in [6, 6.07) is 7.78. The fourth-order valence-electron chi connectivity index (χ4n) is 3.85. The molecule has 3 heteroatoms. The van der Waals surface area contributed by atoms with E-state index in [4.69, 9.17) is 0 Å². The van der Waals surface area contributed by atoms with Crippen molar-refractivity contribution in [1.29, 1.82) is 0 Å². The van der Waals surface area contributed by atoms with Gasteiger partial charge in [0.15, 0.2) is 11.6 Å². The van der Waals surface area contributed by atoms with Crippen molar-refractivity contribution >= 4 is 5.78 Å². The zero-order valence-electron chi connectivity index (χ0n) is 20.0. The number of nitrogens with zero attached hydrogens (tertiary/aromatic N) is 2. The molecule has 0 bridgehead atoms. The van der Waals surface area contributed by atoms with Crippen LogP contribution in [0.3, 0.4) is 0 Å². The van der Waals surface area contributed by atoms with Gasteiger partial charge >= 0.3 is 0 Å². The van der Waals surface area contributed by atoms with Crippen LogP contribution in [0.25, 0.3) is 11.4 Å². The summed E-state index contributed by atoms with van der Waals surface area (Å²) < 4.78 is 0. The van der Waals surface area contributed by atoms with Gasteiger partial charge in [0.1, 0.15) is 0 Å². The van der Waals surface area contributed by atoms with Gasteiger partial charge in [0.2, 0.25) is 0 Å². The van der Waals surface area contributed by atoms with Crippen molar-refractivity contribution < 1.29 is 4.79 Å². The highest BCUT2D eigenvalue weighted by atomic mass is 16.1. The average Bonchev–Trinajstić information content (AvgIpc) is 2.81. The van der Waals surface area contributed by atoms with E-state index in [9.17, 15) is 4.79 Å². The summed E-state index contributed by atoms with van der Waals surface area (Å²) in [7, 11) is 0. The molecule has 0 aliphatic rings. The van der Waals surface area contributed by atoms with Crippen LogP contribution < -0.4 is 0 Å². The van der Waals surface area contributed by atoms with Gasteiger partial charge in [-0.15, -0.1) is 0 Å². The Balaban J connectivity index is 1.74. The topological polar surface area (TPSA) is 42.9 Å². The molecule has 3 nitrogen and oxygen atoms in total. The Kier molecular flexibility index (Phi) is 12.1. The molecule has 0 N–H and O–H groups in total. The number of aromatic nitrogens is 2. The maximum Gasteiger partial charge on any atom is 0.162 e. The molecular weight excluding hydrogens is 380 g/mol. The number of ketones is 1. The van der Waals surface area contributed by atoms with Crippen molar-refractivity contribution in [1.82, 2.24) is 9.97 Å². The minimum Gasteiger partial charge on any atom is -0.294 e. The first-order valence-corrected chi connectivity index (χ1v) is 12.6. The zero-order chi connectivity index (χ0) is 22.3. The molecule has 1 unspecified atom stereocenters. The second-order valence-electron chi connectivity index (χ2n) is 9.05. The largest absolute Gasteiger partial charge is 0.294 e. The van der Waals surface area contributed by atoms with Crippen LogP contribution in [0.4, 0.5) is 0 Å². The van der Waals surface area contributed by atoms with Gasteiger partial charge in [0.05, 0.1) is 0 Å². The molecule has 0 aliphatic heterocycles. The SMILES string of the molecule is CCCCCCCCCc1cnc(-c2ccc(C(=O)CCCCC(C)CC)cc2)nc1. The summed E-state index contributed by atoms with van der Waals surface area (Å²) in [6.45, 7) is 6.77. The fraction of sp³-hybridized carbons (Fsp3) is 0.607. The highest BCUT2D eigenvalue weighted by Gasteiger charge is 2.08. The van der Waals surface area contributed by atoms with Crippen LogP contribution in [-0.2, 0) is 6.42 Å². The van der Waals surface area contributed by atoms with Crippen LogP contribution in [-0.4, -0.2) is 15.8 Å². The number of benzene rings is 1. The molecule has 0 amide bonds. The van der Waals surface area contributed by atoms with E-state index in [0.29, 0.717) is 6.42 Å². The van der Waals surface area contributed by atoms with Gasteiger partial charge in [-0.05, 0) is 30.7 Å². The second kappa shape index (κ2) is 14.9. The molecule has 2 rings (SSSR count). The maximum absolute atomic E-state index is 12.4. The number of aryl methyl sites for hydroxylation is 1. The molecule has 0 spiro atoms. The van der Waals surface area contributed by atoms with Gasteiger partial charge in [-0.25, -0.2) is 9.97 Å². The first kappa shape index (κ1) is 25.2. The van der Waals surface area contributed by atoms with Gasteiger partial charge in [0, 0.05) is 29.9 Å². The molecule has 2 aromatic rings. The smallest absolute Gasteiger partial charge is 0.162 e. The van der Waals surface area contributed by atoms with E-state index in [1.165, 1.54) is 63.4 Å². The number of hydrogen-bond acceptors (Lipinski definition) is 3. The number of unbranched alkanes of at least 4 members (excludes halogenated alkanes) is 7. The normalized spacial score (nSPS) is 12.1. The molecule has 1 heterocycles. The lowest BCUT2D eigenvalue weighted by atomic mass is 9.98. The van der Waals surface area contributed by atoms with E-state index in [2.05, 4.69) is 30.7 Å². The highest BCUT2D eigenvalue weighted by Crippen LogP contribution is 2.19. The van der Waals surface area contributed by atoms with Crippen LogP contribution in [0, 0.1) is 5.92 Å². The number of carbonyl (C=O) groups is 1. The molecule has 0 aliphatic carbocycles. The Morgan fingerprint density at radius 3 is 2.13 bits per heavy atom. The molecule has 170 valence electrons. The van der Waals surface area contributed by atoms with E-state index in [1.54, 1.807) is 0 Å². The quantitative estimate of drug-likeness (QED) is 0.202. The standard InChI is InChI=1S/C28H42N2O/c1-4-6-7-8-9-10-11-15-24-21-29-28(30-22-24)26-19-17-25(18-20-26)27(31)16-13-12-14-23(3)5-2/h17-23H,4-16H2,1-3H3. The summed E-state index contributed by atoms with van der Waals surface area (Å²) >= 11 is 0. The van der Waals surface area contributed by atoms with E-state index in [-0.39, 0.29) is 5.78 Å². The molecule has 1 atom stereocenters. The molecule has 31 heavy (non-hydrogen) atoms. The molecule has 1 aromatic heterocycles. The Labute approximate surface area is 190 Å². The third-order valence-electron chi connectivity index (χ3n) is 6.29. The van der Waals surface area contributed by atoms with Crippen molar-refractivity contribution in [2.24, 2.45) is 5.92 Å². The molecule has 0 fully saturated rings. The van der Waals surface area contributed by atoms with Crippen molar-refractivity contribution in [3.8, 4) is 11.4 Å². The van der Waals surface area contributed by atoms with Crippen molar-refractivity contribution in [2.45, 2.75) is 104 Å². The Morgan fingerprint density at radius 2 is 1.48 bits per heavy atom. The van der Waals surface area contributed by atoms with Crippen LogP contribution in [0.1, 0.15) is 114 Å². The van der Waals surface area contributed by atoms with Gasteiger partial charge in [-0.1, -0.05) is 103 Å². The predicted octanol–water partition coefficient (Wildman–Crippen LogP) is 8.23. The second-order valence-corrected chi connectivity index (χ2v) is 9.05. The highest BCUT2D eigenvalue weighted by molar-refractivity contribution is 5.96. The number of hydrogen-bond donors (Lipinski definition) is 0. The van der Waals surface area contributed by atoms with Gasteiger partial charge in [-0.2, -0.15) is 0 Å². The van der Waals surface area contributed by atoms with E-state index in [0.717, 1.165) is 42.1 Å². The summed E-state index contributed by atoms with van der Waals surface area (Å²) in [4.78, 5) is 21.5. The average molecular weight is 423 g/mol. The molecule has 0 saturated carbocycles. The summed E-state index contributed by atoms with van der Waals surface area (Å²) in [6.07, 6.45) is 19.4. The summed E-state index contributed by atoms with van der Waals surface area (Å²) in [5, 5.41) is 0. The monoisotopic (exact) mass is 422 g/mol. The van der Waals surface area contributed by atoms with E-state index >= 15 is 0 Å². The van der Waals surface area contributed by atoms with Crippen LogP contribution in [0.15, 0.2) is 36.7 Å². The lowest BCUT2D eigenvalue weighted by Gasteiger charge is -2.07. The van der Waals surface area contributed by atoms with Crippen LogP contribution >= 0.6 is 0 Å². The lowest BCUT2D eigenvalue weighted by molar-refractivity contribution is 0.0978. The molecular formula is C28H42N2O. The minimum absolute atomic E-state index is 0.238. The summed E-state index contributed by atoms with van der Waals surface area (Å²) in [5.41, 5.74) is 2.97. The van der Waals surface area contributed by atoms with Crippen LogP contribution in [0.2, 0.25) is 0 Å². The molecule has 0 saturated heterocycles. The predicted molar refractivity (Wildman–Crippen MR) is 131 cm³/mol. The number of Topliss-reactive ketones (excluding diaryl/α,β-unsaturated/α-hetero) is 1. The van der Waals surface area contributed by atoms with Crippen LogP contribution in [0.5, 0.6) is 0 Å². The minimum atomic E-state index is 0.238. The third kappa shape index (κ3) is 9.76. The van der Waals surface area contributed by atoms with Crippen molar-refractivity contribution in [3.63, 3.8) is 0 Å². The first-order valence-electron chi connectivity index (χ1n) is 12.6. The van der Waals surface area contributed by atoms with Gasteiger partial charge < -0.3 is 0 Å². The lowest BCUT2D eigenvalue weighted by Crippen LogP contribution is -2.00. The Morgan fingerprint density at radius 1 is 0.839 bits per heavy atom. The molecule has 1 aromatic carbocycles. The van der Waals surface area contributed by atoms with E-state index in [1.807, 2.05) is 36.7 Å². The number of carbonyl (C=O) groups excluding carboxylic acids is 1. The Bertz CT molecular complexity index is 737. The van der Waals surface area contributed by atoms with Crippen molar-refractivity contribution in [3.05, 3.63) is 47.8 Å². The number of rotatable bonds is 16. The van der Waals surface area contributed by atoms with Crippen molar-refractivity contribution in [2.75, 3.05) is 0 Å². The van der Waals surface area contributed by atoms with Gasteiger partial charge in [0.25, 0.3) is 0 Å².